The zero-order valence-corrected chi connectivity index (χ0v) is 16.3. The predicted molar refractivity (Wildman–Crippen MR) is 105 cm³/mol. The Balaban J connectivity index is 1.66. The van der Waals surface area contributed by atoms with Crippen LogP contribution in [-0.4, -0.2) is 27.7 Å². The highest BCUT2D eigenvalue weighted by molar-refractivity contribution is 6.62. The van der Waals surface area contributed by atoms with Gasteiger partial charge < -0.3 is 9.68 Å². The van der Waals surface area contributed by atoms with E-state index in [1.165, 1.54) is 29.2 Å². The van der Waals surface area contributed by atoms with Crippen LogP contribution in [0.2, 0.25) is 0 Å². The summed E-state index contributed by atoms with van der Waals surface area (Å²) < 4.78 is 47.8. The largest absolute Gasteiger partial charge is 0.492 e. The van der Waals surface area contributed by atoms with Crippen LogP contribution in [0, 0.1) is 0 Å². The number of carbonyl (C=O) groups excluding carboxylic acids is 1. The summed E-state index contributed by atoms with van der Waals surface area (Å²) in [5, 5.41) is 14.0. The van der Waals surface area contributed by atoms with Crippen molar-refractivity contribution in [2.45, 2.75) is 32.0 Å². The van der Waals surface area contributed by atoms with E-state index >= 15 is 0 Å². The zero-order chi connectivity index (χ0) is 21.7. The van der Waals surface area contributed by atoms with Crippen molar-refractivity contribution < 1.29 is 27.6 Å². The first-order valence-electron chi connectivity index (χ1n) is 9.30. The Morgan fingerprint density at radius 2 is 2.00 bits per heavy atom. The molecule has 2 aromatic carbocycles. The summed E-state index contributed by atoms with van der Waals surface area (Å²) in [6, 6.07) is 10.1. The lowest BCUT2D eigenvalue weighted by atomic mass is 9.77. The van der Waals surface area contributed by atoms with Gasteiger partial charge in [0.1, 0.15) is 0 Å². The number of carbonyl (C=O) groups is 1. The summed E-state index contributed by atoms with van der Waals surface area (Å²) in [5.74, 6) is -0.665. The standard InChI is InChI=1S/C21H18BF3N2O3/c1-20(2)16-7-4-13(10-18(16)22(29)30-20)11-19(28)15-6-5-14(27-9-3-8-26-27)12-17(15)21(23,24)25/h3-10,12,29H,11H2,1-2H3. The van der Waals surface area contributed by atoms with E-state index in [2.05, 4.69) is 5.10 Å². The van der Waals surface area contributed by atoms with E-state index in [-0.39, 0.29) is 12.1 Å². The number of Topliss-reactive ketones (excluding diaryl/α,β-unsaturated/α-hetero) is 1. The minimum Gasteiger partial charge on any atom is -0.423 e. The molecule has 0 saturated heterocycles. The number of rotatable bonds is 4. The summed E-state index contributed by atoms with van der Waals surface area (Å²) in [6.45, 7) is 3.62. The first-order chi connectivity index (χ1) is 14.1. The first-order valence-corrected chi connectivity index (χ1v) is 9.30. The van der Waals surface area contributed by atoms with E-state index in [0.29, 0.717) is 11.0 Å². The number of halogens is 3. The number of hydrogen-bond acceptors (Lipinski definition) is 4. The molecule has 0 aliphatic carbocycles. The number of benzene rings is 2. The zero-order valence-electron chi connectivity index (χ0n) is 16.3. The lowest BCUT2D eigenvalue weighted by Gasteiger charge is -2.19. The van der Waals surface area contributed by atoms with Gasteiger partial charge in [0.25, 0.3) is 0 Å². The maximum atomic E-state index is 13.7. The van der Waals surface area contributed by atoms with Crippen LogP contribution in [0.4, 0.5) is 13.2 Å². The smallest absolute Gasteiger partial charge is 0.423 e. The molecule has 9 heteroatoms. The van der Waals surface area contributed by atoms with Gasteiger partial charge in [-0.1, -0.05) is 18.2 Å². The van der Waals surface area contributed by atoms with E-state index in [9.17, 15) is 23.0 Å². The maximum absolute atomic E-state index is 13.7. The Hall–Kier alpha value is -2.91. The van der Waals surface area contributed by atoms with Crippen LogP contribution < -0.4 is 5.46 Å². The normalized spacial score (nSPS) is 15.3. The number of nitrogens with zero attached hydrogens (tertiary/aromatic N) is 2. The minimum absolute atomic E-state index is 0.212. The molecule has 1 aromatic heterocycles. The molecule has 0 fully saturated rings. The number of alkyl halides is 3. The molecule has 1 aliphatic heterocycles. The van der Waals surface area contributed by atoms with Crippen molar-refractivity contribution in [2.75, 3.05) is 0 Å². The molecule has 4 rings (SSSR count). The average Bonchev–Trinajstić information content (AvgIpc) is 3.27. The lowest BCUT2D eigenvalue weighted by molar-refractivity contribution is -0.137. The molecule has 0 unspecified atom stereocenters. The molecule has 0 bridgehead atoms. The molecule has 5 nitrogen and oxygen atoms in total. The first kappa shape index (κ1) is 20.4. The van der Waals surface area contributed by atoms with Crippen LogP contribution in [0.15, 0.2) is 54.9 Å². The fourth-order valence-electron chi connectivity index (χ4n) is 3.74. The van der Waals surface area contributed by atoms with Crippen LogP contribution >= 0.6 is 0 Å². The second kappa shape index (κ2) is 7.10. The van der Waals surface area contributed by atoms with Crippen LogP contribution in [0.3, 0.4) is 0 Å². The third-order valence-corrected chi connectivity index (χ3v) is 5.18. The summed E-state index contributed by atoms with van der Waals surface area (Å²) in [4.78, 5) is 12.8. The van der Waals surface area contributed by atoms with Gasteiger partial charge in [-0.2, -0.15) is 18.3 Å². The summed E-state index contributed by atoms with van der Waals surface area (Å²) in [7, 11) is -1.14. The summed E-state index contributed by atoms with van der Waals surface area (Å²) in [5.41, 5.74) is -0.0705. The van der Waals surface area contributed by atoms with Gasteiger partial charge in [-0.15, -0.1) is 0 Å². The quantitative estimate of drug-likeness (QED) is 0.526. The number of hydrogen-bond donors (Lipinski definition) is 1. The highest BCUT2D eigenvalue weighted by atomic mass is 19.4. The van der Waals surface area contributed by atoms with Crippen molar-refractivity contribution in [2.24, 2.45) is 0 Å². The number of fused-ring (bicyclic) bond motifs is 1. The Kier molecular flexibility index (Phi) is 4.82. The Morgan fingerprint density at radius 1 is 1.23 bits per heavy atom. The van der Waals surface area contributed by atoms with Gasteiger partial charge in [-0.3, -0.25) is 4.79 Å². The van der Waals surface area contributed by atoms with Crippen LogP contribution in [-0.2, 0) is 22.9 Å². The fraction of sp³-hybridized carbons (Fsp3) is 0.238. The molecule has 0 spiro atoms. The third-order valence-electron chi connectivity index (χ3n) is 5.18. The minimum atomic E-state index is -4.69. The fourth-order valence-corrected chi connectivity index (χ4v) is 3.74. The Bertz CT molecular complexity index is 1110. The van der Waals surface area contributed by atoms with Gasteiger partial charge in [0.15, 0.2) is 5.78 Å². The predicted octanol–water partition coefficient (Wildman–Crippen LogP) is 3.27. The highest BCUT2D eigenvalue weighted by Crippen LogP contribution is 2.34. The summed E-state index contributed by atoms with van der Waals surface area (Å²) >= 11 is 0. The monoisotopic (exact) mass is 414 g/mol. The van der Waals surface area contributed by atoms with Crippen LogP contribution in [0.5, 0.6) is 0 Å². The van der Waals surface area contributed by atoms with Crippen molar-refractivity contribution in [1.82, 2.24) is 9.78 Å². The molecule has 1 N–H and O–H groups in total. The maximum Gasteiger partial charge on any atom is 0.492 e. The van der Waals surface area contributed by atoms with E-state index in [1.807, 2.05) is 13.8 Å². The molecule has 0 radical (unpaired) electrons. The van der Waals surface area contributed by atoms with Gasteiger partial charge in [-0.25, -0.2) is 4.68 Å². The van der Waals surface area contributed by atoms with E-state index in [0.717, 1.165) is 11.6 Å². The second-order valence-corrected chi connectivity index (χ2v) is 7.68. The SMILES string of the molecule is CC1(C)OB(O)c2cc(CC(=O)c3ccc(-n4cccn4)cc3C(F)(F)F)ccc21. The highest BCUT2D eigenvalue weighted by Gasteiger charge is 2.41. The molecule has 1 aliphatic rings. The topological polar surface area (TPSA) is 64.3 Å². The molecule has 0 amide bonds. The van der Waals surface area contributed by atoms with E-state index < -0.39 is 35.8 Å². The van der Waals surface area contributed by atoms with E-state index in [4.69, 9.17) is 4.65 Å². The molecule has 0 atom stereocenters. The molecule has 2 heterocycles. The lowest BCUT2D eigenvalue weighted by Crippen LogP contribution is -2.29. The van der Waals surface area contributed by atoms with Crippen molar-refractivity contribution >= 4 is 18.4 Å². The van der Waals surface area contributed by atoms with Crippen molar-refractivity contribution in [1.29, 1.82) is 0 Å². The molecular weight excluding hydrogens is 396 g/mol. The average molecular weight is 414 g/mol. The Labute approximate surface area is 171 Å². The number of ketones is 1. The second-order valence-electron chi connectivity index (χ2n) is 7.68. The summed E-state index contributed by atoms with van der Waals surface area (Å²) in [6.07, 6.45) is -1.94. The van der Waals surface area contributed by atoms with Crippen molar-refractivity contribution in [3.63, 3.8) is 0 Å². The van der Waals surface area contributed by atoms with Crippen LogP contribution in [0.1, 0.15) is 40.9 Å². The Morgan fingerprint density at radius 3 is 2.67 bits per heavy atom. The van der Waals surface area contributed by atoms with Crippen molar-refractivity contribution in [3.8, 4) is 5.69 Å². The van der Waals surface area contributed by atoms with E-state index in [1.54, 1.807) is 24.3 Å². The van der Waals surface area contributed by atoms with Gasteiger partial charge in [0, 0.05) is 24.4 Å². The third kappa shape index (κ3) is 3.66. The van der Waals surface area contributed by atoms with Gasteiger partial charge >= 0.3 is 13.3 Å². The molecule has 30 heavy (non-hydrogen) atoms. The molecule has 154 valence electrons. The van der Waals surface area contributed by atoms with Gasteiger partial charge in [0.2, 0.25) is 0 Å². The van der Waals surface area contributed by atoms with Crippen molar-refractivity contribution in [3.05, 3.63) is 77.1 Å². The molecular formula is C21H18BF3N2O3. The van der Waals surface area contributed by atoms with Crippen LogP contribution in [0.25, 0.3) is 5.69 Å². The molecule has 0 saturated carbocycles. The molecule has 3 aromatic rings. The number of aromatic nitrogens is 2. The van der Waals surface area contributed by atoms with Gasteiger partial charge in [-0.05, 0) is 54.7 Å². The van der Waals surface area contributed by atoms with Gasteiger partial charge in [0.05, 0.1) is 16.9 Å².